The van der Waals surface area contributed by atoms with Crippen molar-refractivity contribution in [1.29, 1.82) is 0 Å². The largest absolute Gasteiger partial charge is 0.462 e. The van der Waals surface area contributed by atoms with Crippen LogP contribution in [0.1, 0.15) is 12.8 Å². The third-order valence-electron chi connectivity index (χ3n) is 7.43. The number of nitrogens with zero attached hydrogens (tertiary/aromatic N) is 5. The Hall–Kier alpha value is -3.61. The second-order valence-electron chi connectivity index (χ2n) is 10.00. The van der Waals surface area contributed by atoms with Gasteiger partial charge in [-0.2, -0.15) is 9.97 Å². The van der Waals surface area contributed by atoms with E-state index < -0.39 is 11.6 Å². The number of benzene rings is 2. The molecular formula is C27H26ClF2N7O2S. The van der Waals surface area contributed by atoms with Crippen molar-refractivity contribution in [1.82, 2.24) is 24.8 Å². The Morgan fingerprint density at radius 2 is 2.10 bits per heavy atom. The van der Waals surface area contributed by atoms with Crippen LogP contribution in [0.15, 0.2) is 30.9 Å². The van der Waals surface area contributed by atoms with Crippen molar-refractivity contribution >= 4 is 60.9 Å². The first kappa shape index (κ1) is 26.6. The first-order valence-electron chi connectivity index (χ1n) is 12.8. The summed E-state index contributed by atoms with van der Waals surface area (Å²) in [5, 5.41) is 3.90. The predicted molar refractivity (Wildman–Crippen MR) is 153 cm³/mol. The van der Waals surface area contributed by atoms with Gasteiger partial charge in [0, 0.05) is 35.6 Å². The topological polar surface area (TPSA) is 110 Å². The number of carbonyl (C=O) groups excluding carboxylic acids is 1. The lowest BCUT2D eigenvalue weighted by Gasteiger charge is -2.39. The van der Waals surface area contributed by atoms with E-state index in [2.05, 4.69) is 31.7 Å². The van der Waals surface area contributed by atoms with Crippen molar-refractivity contribution in [2.75, 3.05) is 44.3 Å². The van der Waals surface area contributed by atoms with E-state index in [4.69, 9.17) is 22.1 Å². The molecule has 1 unspecified atom stereocenters. The van der Waals surface area contributed by atoms with E-state index in [-0.39, 0.29) is 50.8 Å². The third kappa shape index (κ3) is 4.69. The van der Waals surface area contributed by atoms with Crippen molar-refractivity contribution in [2.24, 2.45) is 0 Å². The number of halogens is 3. The number of aromatic nitrogens is 3. The number of fused-ring (bicyclic) bond motifs is 2. The fourth-order valence-electron chi connectivity index (χ4n) is 5.22. The van der Waals surface area contributed by atoms with Gasteiger partial charge in [-0.25, -0.2) is 13.8 Å². The van der Waals surface area contributed by atoms with Gasteiger partial charge >= 0.3 is 6.01 Å². The molecule has 3 N–H and O–H groups in total. The molecule has 0 radical (unpaired) electrons. The van der Waals surface area contributed by atoms with Gasteiger partial charge in [0.05, 0.1) is 15.8 Å². The monoisotopic (exact) mass is 585 g/mol. The van der Waals surface area contributed by atoms with Crippen LogP contribution in [0, 0.1) is 11.6 Å². The first-order valence-corrected chi connectivity index (χ1v) is 14.0. The number of nitrogens with one attached hydrogen (secondary N) is 1. The number of likely N-dealkylation sites (tertiary alicyclic amines) is 2. The van der Waals surface area contributed by atoms with Gasteiger partial charge in [0.1, 0.15) is 29.3 Å². The number of hydrogen-bond acceptors (Lipinski definition) is 9. The minimum absolute atomic E-state index is 0.0000127. The first-order chi connectivity index (χ1) is 19.2. The molecule has 0 spiro atoms. The Morgan fingerprint density at radius 1 is 1.30 bits per heavy atom. The summed E-state index contributed by atoms with van der Waals surface area (Å²) < 4.78 is 37.2. The van der Waals surface area contributed by atoms with Gasteiger partial charge in [0.15, 0.2) is 10.9 Å². The summed E-state index contributed by atoms with van der Waals surface area (Å²) in [5.41, 5.74) is 6.31. The minimum Gasteiger partial charge on any atom is -0.462 e. The van der Waals surface area contributed by atoms with E-state index in [1.807, 2.05) is 7.05 Å². The molecule has 2 aliphatic rings. The molecule has 2 fully saturated rings. The molecule has 4 aromatic rings. The van der Waals surface area contributed by atoms with E-state index in [9.17, 15) is 9.18 Å². The van der Waals surface area contributed by atoms with Crippen molar-refractivity contribution in [3.63, 3.8) is 0 Å². The Labute approximate surface area is 237 Å². The summed E-state index contributed by atoms with van der Waals surface area (Å²) >= 11 is 7.72. The maximum absolute atomic E-state index is 16.4. The average Bonchev–Trinajstić information content (AvgIpc) is 3.51. The molecule has 9 nitrogen and oxygen atoms in total. The highest BCUT2D eigenvalue weighted by atomic mass is 35.5. The molecule has 1 amide bonds. The molecule has 1 atom stereocenters. The Kier molecular flexibility index (Phi) is 6.93. The van der Waals surface area contributed by atoms with Gasteiger partial charge in [-0.3, -0.25) is 4.79 Å². The molecule has 6 rings (SSSR count). The highest BCUT2D eigenvalue weighted by Crippen LogP contribution is 2.43. The number of hydrogen-bond donors (Lipinski definition) is 2. The quantitative estimate of drug-likeness (QED) is 0.300. The zero-order chi connectivity index (χ0) is 28.1. The number of thiazole rings is 1. The Morgan fingerprint density at radius 3 is 2.83 bits per heavy atom. The molecule has 4 heterocycles. The second-order valence-corrected chi connectivity index (χ2v) is 11.4. The normalized spacial score (nSPS) is 17.9. The Bertz CT molecular complexity index is 1660. The molecule has 2 saturated heterocycles. The zero-order valence-electron chi connectivity index (χ0n) is 21.6. The second kappa shape index (κ2) is 10.4. The van der Waals surface area contributed by atoms with Crippen LogP contribution < -0.4 is 15.8 Å². The number of rotatable bonds is 7. The van der Waals surface area contributed by atoms with Crippen molar-refractivity contribution < 1.29 is 18.3 Å². The maximum Gasteiger partial charge on any atom is 0.319 e. The molecule has 40 heavy (non-hydrogen) atoms. The van der Waals surface area contributed by atoms with Gasteiger partial charge in [0.25, 0.3) is 0 Å². The van der Waals surface area contributed by atoms with Crippen molar-refractivity contribution in [3.05, 3.63) is 47.5 Å². The van der Waals surface area contributed by atoms with Crippen LogP contribution in [-0.2, 0) is 4.79 Å². The third-order valence-corrected chi connectivity index (χ3v) is 8.64. The fraction of sp³-hybridized carbons (Fsp3) is 0.333. The van der Waals surface area contributed by atoms with Crippen LogP contribution in [0.25, 0.3) is 32.2 Å². The lowest BCUT2D eigenvalue weighted by atomic mass is 10.0. The number of nitrogens with two attached hydrogens (primary N) is 1. The number of likely N-dealkylation sites (N-methyl/N-ethyl adjacent to an activating group) is 1. The van der Waals surface area contributed by atoms with Crippen LogP contribution in [-0.4, -0.2) is 76.0 Å². The van der Waals surface area contributed by atoms with Gasteiger partial charge in [-0.1, -0.05) is 29.5 Å². The fourth-order valence-corrected chi connectivity index (χ4v) is 6.38. The molecule has 0 saturated carbocycles. The van der Waals surface area contributed by atoms with E-state index in [1.54, 1.807) is 11.0 Å². The van der Waals surface area contributed by atoms with Gasteiger partial charge in [0.2, 0.25) is 5.91 Å². The van der Waals surface area contributed by atoms with Gasteiger partial charge in [-0.15, -0.1) is 0 Å². The van der Waals surface area contributed by atoms with E-state index in [0.717, 1.165) is 30.7 Å². The number of nitrogen functional groups attached to an aromatic ring is 1. The molecule has 208 valence electrons. The average molecular weight is 586 g/mol. The number of amides is 1. The van der Waals surface area contributed by atoms with E-state index >= 15 is 4.39 Å². The molecular weight excluding hydrogens is 560 g/mol. The summed E-state index contributed by atoms with van der Waals surface area (Å²) in [7, 11) is 2.03. The Balaban J connectivity index is 1.43. The zero-order valence-corrected chi connectivity index (χ0v) is 23.2. The molecule has 2 aliphatic heterocycles. The number of ether oxygens (including phenoxy) is 1. The van der Waals surface area contributed by atoms with Gasteiger partial charge in [-0.05, 0) is 50.7 Å². The van der Waals surface area contributed by atoms with E-state index in [1.165, 1.54) is 18.2 Å². The SMILES string of the molecule is C=CC(=O)N1CC(Nc2nc(OCC3CCCN3C)nc3c(F)c(-c4ccc(F)c5nc(N)sc45)c(Cl)cc23)C1. The lowest BCUT2D eigenvalue weighted by Crippen LogP contribution is -2.56. The number of carbonyl (C=O) groups is 1. The maximum atomic E-state index is 16.4. The number of anilines is 2. The molecule has 0 aliphatic carbocycles. The van der Waals surface area contributed by atoms with Crippen molar-refractivity contribution in [3.8, 4) is 17.1 Å². The van der Waals surface area contributed by atoms with Crippen LogP contribution in [0.3, 0.4) is 0 Å². The molecule has 2 aromatic carbocycles. The highest BCUT2D eigenvalue weighted by molar-refractivity contribution is 7.22. The standard InChI is InChI=1S/C27H26ClF2N7O2S/c1-3-19(38)37-10-13(11-37)32-25-16-9-17(28)20(15-6-7-18(29)23-24(15)40-26(31)33-23)21(30)22(16)34-27(35-25)39-12-14-5-4-8-36(14)2/h3,6-7,9,13-14H,1,4-5,8,10-12H2,2H3,(H2,31,33)(H,32,34,35). The highest BCUT2D eigenvalue weighted by Gasteiger charge is 2.31. The van der Waals surface area contributed by atoms with Crippen LogP contribution in [0.2, 0.25) is 5.02 Å². The summed E-state index contributed by atoms with van der Waals surface area (Å²) in [5.74, 6) is -1.08. The lowest BCUT2D eigenvalue weighted by molar-refractivity contribution is -0.129. The predicted octanol–water partition coefficient (Wildman–Crippen LogP) is 4.70. The van der Waals surface area contributed by atoms with Crippen LogP contribution in [0.5, 0.6) is 6.01 Å². The summed E-state index contributed by atoms with van der Waals surface area (Å²) in [6.07, 6.45) is 3.32. The molecule has 13 heteroatoms. The molecule has 0 bridgehead atoms. The summed E-state index contributed by atoms with van der Waals surface area (Å²) in [6.45, 7) is 5.73. The summed E-state index contributed by atoms with van der Waals surface area (Å²) in [4.78, 5) is 28.8. The van der Waals surface area contributed by atoms with Crippen LogP contribution >= 0.6 is 22.9 Å². The van der Waals surface area contributed by atoms with Crippen LogP contribution in [0.4, 0.5) is 19.7 Å². The smallest absolute Gasteiger partial charge is 0.319 e. The minimum atomic E-state index is -0.701. The van der Waals surface area contributed by atoms with Crippen molar-refractivity contribution in [2.45, 2.75) is 24.9 Å². The summed E-state index contributed by atoms with van der Waals surface area (Å²) in [6, 6.07) is 4.36. The van der Waals surface area contributed by atoms with E-state index in [0.29, 0.717) is 41.2 Å². The van der Waals surface area contributed by atoms with Gasteiger partial charge < -0.3 is 25.6 Å². The molecule has 2 aromatic heterocycles.